The second kappa shape index (κ2) is 20.6. The van der Waals surface area contributed by atoms with Gasteiger partial charge in [-0.15, -0.1) is 0 Å². The van der Waals surface area contributed by atoms with Crippen LogP contribution in [0.1, 0.15) is 0 Å². The Morgan fingerprint density at radius 1 is 0.453 bits per heavy atom. The van der Waals surface area contributed by atoms with Gasteiger partial charge < -0.3 is 109 Å². The van der Waals surface area contributed by atoms with Crippen LogP contribution >= 0.6 is 0 Å². The minimum atomic E-state index is -2.05. The average Bonchev–Trinajstić information content (AvgIpc) is 3.15. The summed E-state index contributed by atoms with van der Waals surface area (Å²) in [5.74, 6) is 0. The molecule has 0 amide bonds. The maximum atomic E-state index is 11.2. The highest BCUT2D eigenvalue weighted by atomic mass is 16.8. The van der Waals surface area contributed by atoms with Crippen LogP contribution in [0.15, 0.2) is 5.11 Å². The first-order valence-electron chi connectivity index (χ1n) is 16.7. The zero-order valence-electron chi connectivity index (χ0n) is 28.0. The Kier molecular flexibility index (Phi) is 17.1. The number of aliphatic hydroxyl groups excluding tert-OH is 13. The number of azide groups is 1. The SMILES string of the molecule is [N-]=[N+]=NCCOCCO[C@H]1OC(CO)[C@@H](O)[C@H](O[C@H]2OC(CO)[C@@H](O)[C@H](O)C2O[C@H]2OC(CO)C(O)[C@H](O)C2O[C@H]2OC(CO)[C@@H](O)[C@H](O)C2O)C1O. The predicted molar refractivity (Wildman–Crippen MR) is 162 cm³/mol. The lowest BCUT2D eigenvalue weighted by atomic mass is 9.95. The summed E-state index contributed by atoms with van der Waals surface area (Å²) < 4.78 is 50.1. The van der Waals surface area contributed by atoms with Crippen molar-refractivity contribution < 1.29 is 109 Å². The van der Waals surface area contributed by atoms with Crippen molar-refractivity contribution in [3.63, 3.8) is 0 Å². The van der Waals surface area contributed by atoms with Gasteiger partial charge in [0, 0.05) is 11.5 Å². The van der Waals surface area contributed by atoms with E-state index in [9.17, 15) is 66.4 Å². The molecule has 4 saturated heterocycles. The predicted octanol–water partition coefficient (Wildman–Crippen LogP) is -8.40. The maximum absolute atomic E-state index is 11.2. The molecule has 0 spiro atoms. The summed E-state index contributed by atoms with van der Waals surface area (Å²) in [5, 5.41) is 139. The molecule has 20 atom stereocenters. The smallest absolute Gasteiger partial charge is 0.187 e. The average molecular weight is 780 g/mol. The molecule has 0 saturated carbocycles. The third-order valence-electron chi connectivity index (χ3n) is 9.10. The van der Waals surface area contributed by atoms with Crippen LogP contribution in [0.25, 0.3) is 10.4 Å². The van der Waals surface area contributed by atoms with Gasteiger partial charge in [0.25, 0.3) is 0 Å². The Hall–Kier alpha value is -1.57. The van der Waals surface area contributed by atoms with Crippen LogP contribution < -0.4 is 0 Å². The summed E-state index contributed by atoms with van der Waals surface area (Å²) in [7, 11) is 0. The standard InChI is InChI=1S/C28H49N3O22/c29-31-30-1-2-45-3-4-46-25-21(44)22(16(39)12(8-35)47-25)51-27-24(19(42)15(38)10(6-33)49-27)53-28-23(18(41)14(37)11(7-34)50-28)52-26-20(43)17(40)13(36)9(5-32)48-26/h9-28,32-44H,1-8H2/t9?,10?,11?,12?,13-,14?,15-,16-,17+,18+,19+,20?,21?,22+,23?,24?,25+,26-,27-,28-/m1/s1. The molecule has 0 aromatic carbocycles. The van der Waals surface area contributed by atoms with E-state index in [2.05, 4.69) is 10.0 Å². The summed E-state index contributed by atoms with van der Waals surface area (Å²) >= 11 is 0. The van der Waals surface area contributed by atoms with Crippen molar-refractivity contribution in [2.45, 2.75) is 123 Å². The number of ether oxygens (including phenoxy) is 9. The minimum absolute atomic E-state index is 0.0421. The number of aliphatic hydroxyl groups is 13. The molecule has 25 heteroatoms. The molecule has 25 nitrogen and oxygen atoms in total. The van der Waals surface area contributed by atoms with Gasteiger partial charge in [-0.1, -0.05) is 5.11 Å². The van der Waals surface area contributed by atoms with Gasteiger partial charge in [0.2, 0.25) is 0 Å². The summed E-state index contributed by atoms with van der Waals surface area (Å²) in [6.07, 6.45) is -36.3. The molecule has 4 aliphatic rings. The van der Waals surface area contributed by atoms with Gasteiger partial charge in [-0.05, 0) is 5.53 Å². The third kappa shape index (κ3) is 10.2. The minimum Gasteiger partial charge on any atom is -0.394 e. The molecule has 4 aliphatic heterocycles. The van der Waals surface area contributed by atoms with Crippen molar-refractivity contribution in [2.24, 2.45) is 5.11 Å². The highest BCUT2D eigenvalue weighted by Gasteiger charge is 2.56. The first kappa shape index (κ1) is 44.1. The van der Waals surface area contributed by atoms with E-state index in [4.69, 9.17) is 48.2 Å². The Bertz CT molecular complexity index is 1140. The molecule has 13 N–H and O–H groups in total. The first-order chi connectivity index (χ1) is 25.3. The van der Waals surface area contributed by atoms with Crippen molar-refractivity contribution in [1.82, 2.24) is 0 Å². The fourth-order valence-corrected chi connectivity index (χ4v) is 6.09. The Balaban J connectivity index is 1.57. The number of rotatable bonds is 17. The van der Waals surface area contributed by atoms with Gasteiger partial charge in [-0.25, -0.2) is 0 Å². The van der Waals surface area contributed by atoms with Crippen molar-refractivity contribution in [3.05, 3.63) is 10.4 Å². The van der Waals surface area contributed by atoms with Gasteiger partial charge in [0.1, 0.15) is 97.7 Å². The highest BCUT2D eigenvalue weighted by Crippen LogP contribution is 2.35. The molecule has 0 bridgehead atoms. The number of hydrogen-bond donors (Lipinski definition) is 13. The van der Waals surface area contributed by atoms with Crippen molar-refractivity contribution in [2.75, 3.05) is 52.8 Å². The molecule has 0 aliphatic carbocycles. The fourth-order valence-electron chi connectivity index (χ4n) is 6.09. The van der Waals surface area contributed by atoms with E-state index in [0.29, 0.717) is 0 Å². The monoisotopic (exact) mass is 779 g/mol. The van der Waals surface area contributed by atoms with Crippen LogP contribution in [0.5, 0.6) is 0 Å². The third-order valence-corrected chi connectivity index (χ3v) is 9.10. The molecule has 4 heterocycles. The van der Waals surface area contributed by atoms with E-state index >= 15 is 0 Å². The number of hydrogen-bond acceptors (Lipinski definition) is 23. The summed E-state index contributed by atoms with van der Waals surface area (Å²) in [6, 6.07) is 0. The summed E-state index contributed by atoms with van der Waals surface area (Å²) in [4.78, 5) is 2.58. The van der Waals surface area contributed by atoms with Gasteiger partial charge in [-0.2, -0.15) is 0 Å². The van der Waals surface area contributed by atoms with E-state index in [1.54, 1.807) is 0 Å². The topological polar surface area (TPSA) is 395 Å². The van der Waals surface area contributed by atoms with Crippen LogP contribution in [0.4, 0.5) is 0 Å². The van der Waals surface area contributed by atoms with Gasteiger partial charge >= 0.3 is 0 Å². The lowest BCUT2D eigenvalue weighted by molar-refractivity contribution is -0.403. The van der Waals surface area contributed by atoms with Crippen LogP contribution in [-0.2, 0) is 42.6 Å². The maximum Gasteiger partial charge on any atom is 0.187 e. The zero-order chi connectivity index (χ0) is 39.0. The Morgan fingerprint density at radius 3 is 1.40 bits per heavy atom. The summed E-state index contributed by atoms with van der Waals surface area (Å²) in [6.45, 7) is -3.62. The molecule has 4 rings (SSSR count). The first-order valence-corrected chi connectivity index (χ1v) is 16.7. The lowest BCUT2D eigenvalue weighted by Gasteiger charge is -2.49. The molecule has 0 radical (unpaired) electrons. The van der Waals surface area contributed by atoms with Crippen LogP contribution in [0, 0.1) is 0 Å². The van der Waals surface area contributed by atoms with E-state index in [1.165, 1.54) is 0 Å². The quantitative estimate of drug-likeness (QED) is 0.0282. The van der Waals surface area contributed by atoms with E-state index in [-0.39, 0.29) is 26.4 Å². The number of nitrogens with zero attached hydrogens (tertiary/aromatic N) is 3. The molecule has 53 heavy (non-hydrogen) atoms. The normalized spacial score (nSPS) is 46.5. The molecule has 4 fully saturated rings. The van der Waals surface area contributed by atoms with Gasteiger partial charge in [-0.3, -0.25) is 0 Å². The molecule has 308 valence electrons. The van der Waals surface area contributed by atoms with Crippen molar-refractivity contribution >= 4 is 0 Å². The molecular formula is C28H49N3O22. The molecule has 0 aromatic heterocycles. The Morgan fingerprint density at radius 2 is 0.887 bits per heavy atom. The fraction of sp³-hybridized carbons (Fsp3) is 1.00. The van der Waals surface area contributed by atoms with Crippen molar-refractivity contribution in [1.29, 1.82) is 0 Å². The zero-order valence-corrected chi connectivity index (χ0v) is 28.0. The van der Waals surface area contributed by atoms with E-state index < -0.39 is 149 Å². The van der Waals surface area contributed by atoms with Crippen molar-refractivity contribution in [3.8, 4) is 0 Å². The second-order valence-electron chi connectivity index (χ2n) is 12.6. The van der Waals surface area contributed by atoms with Gasteiger partial charge in [0.15, 0.2) is 25.2 Å². The van der Waals surface area contributed by atoms with Crippen LogP contribution in [0.2, 0.25) is 0 Å². The summed E-state index contributed by atoms with van der Waals surface area (Å²) in [5.41, 5.74) is 8.34. The lowest BCUT2D eigenvalue weighted by Crippen LogP contribution is -2.68. The van der Waals surface area contributed by atoms with E-state index in [1.807, 2.05) is 0 Å². The molecule has 9 unspecified atom stereocenters. The highest BCUT2D eigenvalue weighted by molar-refractivity contribution is 4.98. The second-order valence-corrected chi connectivity index (χ2v) is 12.6. The van der Waals surface area contributed by atoms with E-state index in [0.717, 1.165) is 0 Å². The van der Waals surface area contributed by atoms with Gasteiger partial charge in [0.05, 0.1) is 46.2 Å². The van der Waals surface area contributed by atoms with Crippen LogP contribution in [0.3, 0.4) is 0 Å². The molecule has 0 aromatic rings. The Labute approximate surface area is 300 Å². The molecular weight excluding hydrogens is 730 g/mol. The largest absolute Gasteiger partial charge is 0.394 e. The van der Waals surface area contributed by atoms with Crippen LogP contribution in [-0.4, -0.2) is 242 Å².